The maximum absolute atomic E-state index is 12.8. The quantitative estimate of drug-likeness (QED) is 0.601. The Hall–Kier alpha value is -3.06. The summed E-state index contributed by atoms with van der Waals surface area (Å²) in [5.41, 5.74) is 4.31. The molecule has 7 heteroatoms. The first-order chi connectivity index (χ1) is 14.0. The molecule has 3 N–H and O–H groups in total. The SMILES string of the molecule is CC(C(=O)Nc1ccc2[nH]c(=O)[nH]c2c1)N(C)Cc1ccccc1N1CCCC1. The Kier molecular flexibility index (Phi) is 5.40. The lowest BCUT2D eigenvalue weighted by Gasteiger charge is -2.27. The number of benzene rings is 2. The molecule has 0 bridgehead atoms. The maximum Gasteiger partial charge on any atom is 0.323 e. The average molecular weight is 393 g/mol. The Morgan fingerprint density at radius 1 is 1.14 bits per heavy atom. The Balaban J connectivity index is 1.44. The Morgan fingerprint density at radius 3 is 2.66 bits per heavy atom. The lowest BCUT2D eigenvalue weighted by Crippen LogP contribution is -2.39. The highest BCUT2D eigenvalue weighted by Gasteiger charge is 2.21. The van der Waals surface area contributed by atoms with Gasteiger partial charge in [0.1, 0.15) is 0 Å². The van der Waals surface area contributed by atoms with Crippen molar-refractivity contribution >= 4 is 28.3 Å². The van der Waals surface area contributed by atoms with Gasteiger partial charge in [0.25, 0.3) is 0 Å². The number of rotatable bonds is 6. The molecule has 1 unspecified atom stereocenters. The summed E-state index contributed by atoms with van der Waals surface area (Å²) in [6, 6.07) is 13.5. The molecule has 29 heavy (non-hydrogen) atoms. The van der Waals surface area contributed by atoms with Crippen LogP contribution in [0.2, 0.25) is 0 Å². The fourth-order valence-corrected chi connectivity index (χ4v) is 3.87. The van der Waals surface area contributed by atoms with Crippen molar-refractivity contribution in [2.75, 3.05) is 30.4 Å². The van der Waals surface area contributed by atoms with Gasteiger partial charge in [0.05, 0.1) is 17.1 Å². The van der Waals surface area contributed by atoms with Crippen LogP contribution < -0.4 is 15.9 Å². The molecule has 0 saturated carbocycles. The van der Waals surface area contributed by atoms with Crippen LogP contribution in [-0.4, -0.2) is 47.0 Å². The number of hydrogen-bond acceptors (Lipinski definition) is 4. The molecule has 0 aliphatic carbocycles. The Morgan fingerprint density at radius 2 is 1.86 bits per heavy atom. The van der Waals surface area contributed by atoms with E-state index in [-0.39, 0.29) is 17.6 Å². The zero-order valence-electron chi connectivity index (χ0n) is 16.9. The van der Waals surface area contributed by atoms with E-state index in [1.54, 1.807) is 18.2 Å². The molecule has 1 atom stereocenters. The third kappa shape index (κ3) is 4.19. The average Bonchev–Trinajstić information content (AvgIpc) is 3.36. The van der Waals surface area contributed by atoms with Gasteiger partial charge in [-0.05, 0) is 56.6 Å². The van der Waals surface area contributed by atoms with Gasteiger partial charge in [-0.15, -0.1) is 0 Å². The number of carbonyl (C=O) groups excluding carboxylic acids is 1. The summed E-state index contributed by atoms with van der Waals surface area (Å²) in [6.45, 7) is 4.80. The number of fused-ring (bicyclic) bond motifs is 1. The number of aromatic nitrogens is 2. The molecule has 1 aromatic heterocycles. The van der Waals surface area contributed by atoms with Crippen LogP contribution in [0, 0.1) is 0 Å². The van der Waals surface area contributed by atoms with E-state index in [2.05, 4.69) is 49.4 Å². The molecule has 1 aliphatic heterocycles. The molecule has 4 rings (SSSR count). The van der Waals surface area contributed by atoms with Crippen LogP contribution in [0.25, 0.3) is 11.0 Å². The number of imidazole rings is 1. The van der Waals surface area contributed by atoms with Gasteiger partial charge in [0.2, 0.25) is 5.91 Å². The first kappa shape index (κ1) is 19.3. The smallest absolute Gasteiger partial charge is 0.323 e. The molecule has 7 nitrogen and oxygen atoms in total. The van der Waals surface area contributed by atoms with Crippen molar-refractivity contribution in [3.63, 3.8) is 0 Å². The molecule has 152 valence electrons. The van der Waals surface area contributed by atoms with E-state index in [4.69, 9.17) is 0 Å². The predicted octanol–water partition coefficient (Wildman–Crippen LogP) is 2.92. The van der Waals surface area contributed by atoms with Crippen LogP contribution in [0.4, 0.5) is 11.4 Å². The summed E-state index contributed by atoms with van der Waals surface area (Å²) in [7, 11) is 1.97. The first-order valence-electron chi connectivity index (χ1n) is 10.1. The standard InChI is InChI=1S/C22H27N5O2/c1-15(21(28)23-17-9-10-18-19(13-17)25-22(29)24-18)26(2)14-16-7-3-4-8-20(16)27-11-5-6-12-27/h3-4,7-10,13,15H,5-6,11-12,14H2,1-2H3,(H,23,28)(H2,24,25,29). The monoisotopic (exact) mass is 393 g/mol. The molecular weight excluding hydrogens is 366 g/mol. The van der Waals surface area contributed by atoms with Crippen LogP contribution in [0.1, 0.15) is 25.3 Å². The summed E-state index contributed by atoms with van der Waals surface area (Å²) in [5.74, 6) is -0.0802. The highest BCUT2D eigenvalue weighted by molar-refractivity contribution is 5.96. The number of aromatic amines is 2. The summed E-state index contributed by atoms with van der Waals surface area (Å²) < 4.78 is 0. The number of carbonyl (C=O) groups is 1. The lowest BCUT2D eigenvalue weighted by atomic mass is 10.1. The maximum atomic E-state index is 12.8. The van der Waals surface area contributed by atoms with Gasteiger partial charge in [-0.3, -0.25) is 9.69 Å². The molecule has 0 spiro atoms. The Bertz CT molecular complexity index is 1060. The van der Waals surface area contributed by atoms with E-state index >= 15 is 0 Å². The number of anilines is 2. The fourth-order valence-electron chi connectivity index (χ4n) is 3.87. The minimum atomic E-state index is -0.303. The van der Waals surface area contributed by atoms with Crippen LogP contribution >= 0.6 is 0 Å². The van der Waals surface area contributed by atoms with Crippen molar-refractivity contribution in [2.24, 2.45) is 0 Å². The number of nitrogens with zero attached hydrogens (tertiary/aromatic N) is 2. The van der Waals surface area contributed by atoms with Crippen LogP contribution in [0.3, 0.4) is 0 Å². The van der Waals surface area contributed by atoms with Gasteiger partial charge in [0.15, 0.2) is 0 Å². The van der Waals surface area contributed by atoms with Gasteiger partial charge >= 0.3 is 5.69 Å². The molecule has 1 aliphatic rings. The zero-order valence-corrected chi connectivity index (χ0v) is 16.9. The minimum Gasteiger partial charge on any atom is -0.371 e. The van der Waals surface area contributed by atoms with Crippen molar-refractivity contribution in [1.29, 1.82) is 0 Å². The van der Waals surface area contributed by atoms with Crippen LogP contribution in [0.15, 0.2) is 47.3 Å². The summed E-state index contributed by atoms with van der Waals surface area (Å²) in [6.07, 6.45) is 2.47. The van der Waals surface area contributed by atoms with Crippen molar-refractivity contribution in [2.45, 2.75) is 32.4 Å². The fraction of sp³-hybridized carbons (Fsp3) is 0.364. The second kappa shape index (κ2) is 8.13. The summed E-state index contributed by atoms with van der Waals surface area (Å²) in [4.78, 5) is 34.1. The van der Waals surface area contributed by atoms with E-state index in [1.165, 1.54) is 24.1 Å². The second-order valence-corrected chi connectivity index (χ2v) is 7.74. The molecule has 1 saturated heterocycles. The molecule has 3 aromatic rings. The number of amides is 1. The van der Waals surface area contributed by atoms with Gasteiger partial charge in [0, 0.05) is 31.0 Å². The molecule has 2 heterocycles. The molecule has 0 radical (unpaired) electrons. The normalized spacial score (nSPS) is 15.2. The van der Waals surface area contributed by atoms with Gasteiger partial charge < -0.3 is 20.2 Å². The molecular formula is C22H27N5O2. The van der Waals surface area contributed by atoms with Gasteiger partial charge in [-0.25, -0.2) is 4.79 Å². The zero-order chi connectivity index (χ0) is 20.4. The number of H-pyrrole nitrogens is 2. The second-order valence-electron chi connectivity index (χ2n) is 7.74. The summed E-state index contributed by atoms with van der Waals surface area (Å²) >= 11 is 0. The Labute approximate surface area is 169 Å². The van der Waals surface area contributed by atoms with E-state index in [1.807, 2.05) is 14.0 Å². The third-order valence-corrected chi connectivity index (χ3v) is 5.68. The number of likely N-dealkylation sites (N-methyl/N-ethyl adjacent to an activating group) is 1. The molecule has 1 amide bonds. The largest absolute Gasteiger partial charge is 0.371 e. The van der Waals surface area contributed by atoms with Gasteiger partial charge in [-0.2, -0.15) is 0 Å². The first-order valence-corrected chi connectivity index (χ1v) is 10.1. The van der Waals surface area contributed by atoms with Crippen molar-refractivity contribution < 1.29 is 4.79 Å². The van der Waals surface area contributed by atoms with Crippen molar-refractivity contribution in [3.8, 4) is 0 Å². The number of nitrogens with one attached hydrogen (secondary N) is 3. The van der Waals surface area contributed by atoms with Gasteiger partial charge in [-0.1, -0.05) is 18.2 Å². The summed E-state index contributed by atoms with van der Waals surface area (Å²) in [5, 5.41) is 2.95. The molecule has 2 aromatic carbocycles. The van der Waals surface area contributed by atoms with E-state index < -0.39 is 0 Å². The highest BCUT2D eigenvalue weighted by atomic mass is 16.2. The highest BCUT2D eigenvalue weighted by Crippen LogP contribution is 2.26. The van der Waals surface area contributed by atoms with E-state index in [0.717, 1.165) is 18.6 Å². The van der Waals surface area contributed by atoms with Crippen molar-refractivity contribution in [3.05, 3.63) is 58.5 Å². The predicted molar refractivity (Wildman–Crippen MR) is 116 cm³/mol. The van der Waals surface area contributed by atoms with Crippen LogP contribution in [-0.2, 0) is 11.3 Å². The van der Waals surface area contributed by atoms with E-state index in [0.29, 0.717) is 17.7 Å². The topological polar surface area (TPSA) is 84.2 Å². The third-order valence-electron chi connectivity index (χ3n) is 5.68. The number of hydrogen-bond donors (Lipinski definition) is 3. The molecule has 1 fully saturated rings. The van der Waals surface area contributed by atoms with Crippen LogP contribution in [0.5, 0.6) is 0 Å². The minimum absolute atomic E-state index is 0.0802. The van der Waals surface area contributed by atoms with E-state index in [9.17, 15) is 9.59 Å². The lowest BCUT2D eigenvalue weighted by molar-refractivity contribution is -0.120. The number of para-hydroxylation sites is 1. The van der Waals surface area contributed by atoms with Crippen molar-refractivity contribution in [1.82, 2.24) is 14.9 Å².